The zero-order chi connectivity index (χ0) is 15.6. The zero-order valence-corrected chi connectivity index (χ0v) is 12.6. The number of rotatable bonds is 4. The number of carboxylic acid groups (broad SMARTS) is 1. The molecule has 110 valence electrons. The van der Waals surface area contributed by atoms with Gasteiger partial charge in [-0.1, -0.05) is 23.2 Å². The molecule has 2 aromatic rings. The number of sulfonamides is 1. The lowest BCUT2D eigenvalue weighted by Gasteiger charge is -2.09. The molecule has 0 aliphatic carbocycles. The fourth-order valence-corrected chi connectivity index (χ4v) is 3.18. The second-order valence-electron chi connectivity index (χ2n) is 3.92. The summed E-state index contributed by atoms with van der Waals surface area (Å²) in [7, 11) is -4.08. The fourth-order valence-electron chi connectivity index (χ4n) is 1.50. The maximum absolute atomic E-state index is 12.2. The number of carboxylic acids is 1. The van der Waals surface area contributed by atoms with E-state index in [0.717, 1.165) is 6.07 Å². The lowest BCUT2D eigenvalue weighted by atomic mass is 10.2. The molecule has 2 N–H and O–H groups in total. The average molecular weight is 347 g/mol. The molecule has 0 saturated carbocycles. The number of halogens is 2. The molecule has 0 amide bonds. The Bertz CT molecular complexity index is 809. The summed E-state index contributed by atoms with van der Waals surface area (Å²) in [6.45, 7) is 0. The molecule has 6 nitrogen and oxygen atoms in total. The molecule has 1 aromatic carbocycles. The third-order valence-corrected chi connectivity index (χ3v) is 4.50. The van der Waals surface area contributed by atoms with Crippen LogP contribution in [-0.2, 0) is 10.0 Å². The molecule has 1 aromatic heterocycles. The normalized spacial score (nSPS) is 11.1. The molecule has 21 heavy (non-hydrogen) atoms. The highest BCUT2D eigenvalue weighted by atomic mass is 35.5. The molecule has 0 spiro atoms. The lowest BCUT2D eigenvalue weighted by molar-refractivity contribution is 0.0696. The van der Waals surface area contributed by atoms with E-state index in [0.29, 0.717) is 5.02 Å². The van der Waals surface area contributed by atoms with E-state index in [1.165, 1.54) is 30.5 Å². The van der Waals surface area contributed by atoms with Crippen LogP contribution in [0.25, 0.3) is 0 Å². The molecular formula is C12H8Cl2N2O4S. The second kappa shape index (κ2) is 5.88. The average Bonchev–Trinajstić information content (AvgIpc) is 2.38. The summed E-state index contributed by atoms with van der Waals surface area (Å²) >= 11 is 11.6. The molecule has 0 unspecified atom stereocenters. The third-order valence-electron chi connectivity index (χ3n) is 2.43. The number of aromatic carboxylic acids is 1. The molecule has 9 heteroatoms. The predicted octanol–water partition coefficient (Wildman–Crippen LogP) is 2.89. The Morgan fingerprint density at radius 1 is 1.19 bits per heavy atom. The van der Waals surface area contributed by atoms with Gasteiger partial charge in [0.15, 0.2) is 0 Å². The molecule has 2 rings (SSSR count). The Balaban J connectivity index is 2.44. The van der Waals surface area contributed by atoms with Crippen molar-refractivity contribution in [3.05, 3.63) is 52.1 Å². The van der Waals surface area contributed by atoms with Gasteiger partial charge in [0.25, 0.3) is 10.0 Å². The van der Waals surface area contributed by atoms with Crippen LogP contribution < -0.4 is 4.72 Å². The second-order valence-corrected chi connectivity index (χ2v) is 6.41. The van der Waals surface area contributed by atoms with E-state index < -0.39 is 16.0 Å². The summed E-state index contributed by atoms with van der Waals surface area (Å²) in [5.74, 6) is -1.26. The van der Waals surface area contributed by atoms with Crippen LogP contribution in [0.5, 0.6) is 0 Å². The summed E-state index contributed by atoms with van der Waals surface area (Å²) in [6, 6.07) is 6.18. The number of anilines is 1. The molecule has 0 saturated heterocycles. The summed E-state index contributed by atoms with van der Waals surface area (Å²) in [6.07, 6.45) is 1.33. The molecule has 1 heterocycles. The van der Waals surface area contributed by atoms with Gasteiger partial charge in [-0.15, -0.1) is 0 Å². The van der Waals surface area contributed by atoms with Crippen LogP contribution >= 0.6 is 23.2 Å². The first-order chi connectivity index (χ1) is 9.79. The number of pyridine rings is 1. The highest BCUT2D eigenvalue weighted by molar-refractivity contribution is 7.92. The molecule has 0 aliphatic heterocycles. The van der Waals surface area contributed by atoms with E-state index >= 15 is 0 Å². The van der Waals surface area contributed by atoms with Crippen LogP contribution in [-0.4, -0.2) is 24.5 Å². The molecule has 0 radical (unpaired) electrons. The van der Waals surface area contributed by atoms with Crippen LogP contribution in [0, 0.1) is 0 Å². The van der Waals surface area contributed by atoms with Gasteiger partial charge in [0.05, 0.1) is 10.6 Å². The quantitative estimate of drug-likeness (QED) is 0.887. The van der Waals surface area contributed by atoms with E-state index in [1.54, 1.807) is 0 Å². The first-order valence-electron chi connectivity index (χ1n) is 5.47. The maximum atomic E-state index is 12.2. The van der Waals surface area contributed by atoms with Crippen molar-refractivity contribution in [2.24, 2.45) is 0 Å². The van der Waals surface area contributed by atoms with Gasteiger partial charge in [-0.2, -0.15) is 0 Å². The van der Waals surface area contributed by atoms with Gasteiger partial charge in [0.1, 0.15) is 10.7 Å². The number of carbonyl (C=O) groups is 1. The van der Waals surface area contributed by atoms with Crippen LogP contribution in [0.15, 0.2) is 41.4 Å². The van der Waals surface area contributed by atoms with Gasteiger partial charge in [-0.25, -0.2) is 18.2 Å². The van der Waals surface area contributed by atoms with Gasteiger partial charge in [-0.05, 0) is 24.3 Å². The van der Waals surface area contributed by atoms with Crippen molar-refractivity contribution in [3.8, 4) is 0 Å². The lowest BCUT2D eigenvalue weighted by Crippen LogP contribution is -2.15. The Kier molecular flexibility index (Phi) is 4.36. The van der Waals surface area contributed by atoms with Crippen molar-refractivity contribution in [1.29, 1.82) is 0 Å². The smallest absolute Gasteiger partial charge is 0.335 e. The number of hydrogen-bond donors (Lipinski definition) is 2. The van der Waals surface area contributed by atoms with Crippen molar-refractivity contribution in [2.75, 3.05) is 4.72 Å². The van der Waals surface area contributed by atoms with Crippen LogP contribution in [0.4, 0.5) is 5.82 Å². The number of benzene rings is 1. The Morgan fingerprint density at radius 2 is 1.90 bits per heavy atom. The first-order valence-corrected chi connectivity index (χ1v) is 7.71. The van der Waals surface area contributed by atoms with Gasteiger partial charge in [-0.3, -0.25) is 4.72 Å². The number of nitrogens with one attached hydrogen (secondary N) is 1. The van der Waals surface area contributed by atoms with E-state index in [9.17, 15) is 13.2 Å². The van der Waals surface area contributed by atoms with Gasteiger partial charge in [0, 0.05) is 17.3 Å². The van der Waals surface area contributed by atoms with Crippen molar-refractivity contribution in [1.82, 2.24) is 4.98 Å². The van der Waals surface area contributed by atoms with Gasteiger partial charge < -0.3 is 5.11 Å². The largest absolute Gasteiger partial charge is 0.478 e. The highest BCUT2D eigenvalue weighted by Crippen LogP contribution is 2.25. The van der Waals surface area contributed by atoms with Crippen LogP contribution in [0.3, 0.4) is 0 Å². The SMILES string of the molecule is O=C(O)c1ccc(Cl)c(S(=O)(=O)Nc2cc(Cl)ccn2)c1. The van der Waals surface area contributed by atoms with Crippen molar-refractivity contribution in [2.45, 2.75) is 4.90 Å². The predicted molar refractivity (Wildman–Crippen MR) is 78.5 cm³/mol. The molecule has 0 fully saturated rings. The van der Waals surface area contributed by atoms with Gasteiger partial charge >= 0.3 is 5.97 Å². The highest BCUT2D eigenvalue weighted by Gasteiger charge is 2.20. The maximum Gasteiger partial charge on any atom is 0.335 e. The number of nitrogens with zero attached hydrogens (tertiary/aromatic N) is 1. The van der Waals surface area contributed by atoms with E-state index in [2.05, 4.69) is 9.71 Å². The van der Waals surface area contributed by atoms with E-state index in [-0.39, 0.29) is 21.3 Å². The summed E-state index contributed by atoms with van der Waals surface area (Å²) in [5, 5.41) is 9.10. The molecule has 0 bridgehead atoms. The standard InChI is InChI=1S/C12H8Cl2N2O4S/c13-8-3-4-15-11(6-8)16-21(19,20)10-5-7(12(17)18)1-2-9(10)14/h1-6H,(H,15,16)(H,17,18). The molecule has 0 aliphatic rings. The third kappa shape index (κ3) is 3.63. The number of aromatic nitrogens is 1. The molecule has 0 atom stereocenters. The minimum Gasteiger partial charge on any atom is -0.478 e. The Morgan fingerprint density at radius 3 is 2.52 bits per heavy atom. The Hall–Kier alpha value is -1.83. The monoisotopic (exact) mass is 346 g/mol. The minimum absolute atomic E-state index is 0.000653. The Labute approximate surface area is 130 Å². The van der Waals surface area contributed by atoms with Crippen molar-refractivity contribution < 1.29 is 18.3 Å². The van der Waals surface area contributed by atoms with E-state index in [4.69, 9.17) is 28.3 Å². The number of hydrogen-bond acceptors (Lipinski definition) is 4. The topological polar surface area (TPSA) is 96.4 Å². The fraction of sp³-hybridized carbons (Fsp3) is 0. The van der Waals surface area contributed by atoms with Crippen molar-refractivity contribution in [3.63, 3.8) is 0 Å². The van der Waals surface area contributed by atoms with E-state index in [1.807, 2.05) is 0 Å². The summed E-state index contributed by atoms with van der Waals surface area (Å²) < 4.78 is 26.7. The van der Waals surface area contributed by atoms with Crippen LogP contribution in [0.2, 0.25) is 10.0 Å². The first kappa shape index (κ1) is 15.6. The van der Waals surface area contributed by atoms with Crippen molar-refractivity contribution >= 4 is 45.0 Å². The summed E-state index contributed by atoms with van der Waals surface area (Å²) in [4.78, 5) is 14.4. The van der Waals surface area contributed by atoms with Gasteiger partial charge in [0.2, 0.25) is 0 Å². The minimum atomic E-state index is -4.08. The zero-order valence-electron chi connectivity index (χ0n) is 10.2. The summed E-state index contributed by atoms with van der Waals surface area (Å²) in [5.41, 5.74) is -0.196. The van der Waals surface area contributed by atoms with Crippen LogP contribution in [0.1, 0.15) is 10.4 Å². The molecular weight excluding hydrogens is 339 g/mol.